The van der Waals surface area contributed by atoms with Crippen molar-refractivity contribution in [1.29, 1.82) is 0 Å². The molecule has 34 heavy (non-hydrogen) atoms. The summed E-state index contributed by atoms with van der Waals surface area (Å²) in [4.78, 5) is 12.5. The van der Waals surface area contributed by atoms with E-state index in [1.165, 1.54) is 11.8 Å². The van der Waals surface area contributed by atoms with Crippen molar-refractivity contribution in [3.05, 3.63) is 89.4 Å². The number of hydrazone groups is 1. The number of nitrogens with one attached hydrogen (secondary N) is 1. The molecule has 172 valence electrons. The number of ether oxygens (including phenoxy) is 1. The Kier molecular flexibility index (Phi) is 7.61. The fourth-order valence-electron chi connectivity index (χ4n) is 3.16. The van der Waals surface area contributed by atoms with Crippen molar-refractivity contribution in [3.63, 3.8) is 0 Å². The zero-order chi connectivity index (χ0) is 23.9. The SMILES string of the molecule is COc1ccc(-c2nnc(SCC(=O)N/N=C(\C)c3ccc(Cl)cc3)n2-c2ccccc2)cc1. The van der Waals surface area contributed by atoms with Gasteiger partial charge < -0.3 is 4.74 Å². The molecular weight excluding hydrogens is 470 g/mol. The van der Waals surface area contributed by atoms with Gasteiger partial charge in [-0.05, 0) is 61.0 Å². The molecule has 0 atom stereocenters. The van der Waals surface area contributed by atoms with Crippen LogP contribution in [0.3, 0.4) is 0 Å². The molecule has 0 saturated carbocycles. The Morgan fingerprint density at radius 2 is 1.74 bits per heavy atom. The number of hydrogen-bond donors (Lipinski definition) is 1. The highest BCUT2D eigenvalue weighted by atomic mass is 35.5. The van der Waals surface area contributed by atoms with Crippen LogP contribution >= 0.6 is 23.4 Å². The summed E-state index contributed by atoms with van der Waals surface area (Å²) < 4.78 is 7.19. The molecule has 0 spiro atoms. The normalized spacial score (nSPS) is 11.3. The summed E-state index contributed by atoms with van der Waals surface area (Å²) in [6.07, 6.45) is 0. The van der Waals surface area contributed by atoms with E-state index in [2.05, 4.69) is 20.7 Å². The predicted octanol–water partition coefficient (Wildman–Crippen LogP) is 5.23. The third-order valence-electron chi connectivity index (χ3n) is 4.94. The molecule has 0 fully saturated rings. The van der Waals surface area contributed by atoms with Gasteiger partial charge in [-0.3, -0.25) is 9.36 Å². The van der Waals surface area contributed by atoms with Gasteiger partial charge in [-0.15, -0.1) is 10.2 Å². The van der Waals surface area contributed by atoms with E-state index in [1.807, 2.05) is 78.2 Å². The van der Waals surface area contributed by atoms with Crippen LogP contribution in [-0.4, -0.2) is 39.2 Å². The van der Waals surface area contributed by atoms with Crippen molar-refractivity contribution in [2.45, 2.75) is 12.1 Å². The van der Waals surface area contributed by atoms with E-state index < -0.39 is 0 Å². The van der Waals surface area contributed by atoms with E-state index >= 15 is 0 Å². The maximum atomic E-state index is 12.5. The summed E-state index contributed by atoms with van der Waals surface area (Å²) in [6.45, 7) is 1.82. The molecule has 4 aromatic rings. The van der Waals surface area contributed by atoms with Gasteiger partial charge in [0.1, 0.15) is 5.75 Å². The first-order valence-electron chi connectivity index (χ1n) is 10.4. The highest BCUT2D eigenvalue weighted by Gasteiger charge is 2.17. The van der Waals surface area contributed by atoms with Gasteiger partial charge in [0.25, 0.3) is 5.91 Å². The number of carbonyl (C=O) groups excluding carboxylic acids is 1. The van der Waals surface area contributed by atoms with Crippen LogP contribution in [0.4, 0.5) is 0 Å². The van der Waals surface area contributed by atoms with Gasteiger partial charge in [0.05, 0.1) is 18.6 Å². The maximum absolute atomic E-state index is 12.5. The van der Waals surface area contributed by atoms with Crippen LogP contribution < -0.4 is 10.2 Å². The fraction of sp³-hybridized carbons (Fsp3) is 0.120. The second kappa shape index (κ2) is 11.0. The number of hydrogen-bond acceptors (Lipinski definition) is 6. The van der Waals surface area contributed by atoms with E-state index in [4.69, 9.17) is 16.3 Å². The van der Waals surface area contributed by atoms with Gasteiger partial charge in [0, 0.05) is 16.3 Å². The van der Waals surface area contributed by atoms with Crippen LogP contribution in [0.25, 0.3) is 17.1 Å². The number of methoxy groups -OCH3 is 1. The van der Waals surface area contributed by atoms with Crippen LogP contribution in [0.2, 0.25) is 5.02 Å². The van der Waals surface area contributed by atoms with Gasteiger partial charge in [0.15, 0.2) is 11.0 Å². The molecule has 0 saturated heterocycles. The Balaban J connectivity index is 1.51. The summed E-state index contributed by atoms with van der Waals surface area (Å²) >= 11 is 7.21. The predicted molar refractivity (Wildman–Crippen MR) is 136 cm³/mol. The van der Waals surface area contributed by atoms with Crippen molar-refractivity contribution in [3.8, 4) is 22.8 Å². The molecular formula is C25H22ClN5O2S. The summed E-state index contributed by atoms with van der Waals surface area (Å²) in [5.41, 5.74) is 5.95. The summed E-state index contributed by atoms with van der Waals surface area (Å²) in [6, 6.07) is 24.7. The molecule has 7 nitrogen and oxygen atoms in total. The minimum atomic E-state index is -0.244. The van der Waals surface area contributed by atoms with Crippen LogP contribution in [0.15, 0.2) is 89.1 Å². The van der Waals surface area contributed by atoms with Crippen LogP contribution in [-0.2, 0) is 4.79 Å². The molecule has 1 heterocycles. The largest absolute Gasteiger partial charge is 0.497 e. The molecule has 1 N–H and O–H groups in total. The third kappa shape index (κ3) is 5.65. The number of benzene rings is 3. The number of aromatic nitrogens is 3. The number of nitrogens with zero attached hydrogens (tertiary/aromatic N) is 4. The fourth-order valence-corrected chi connectivity index (χ4v) is 4.03. The van der Waals surface area contributed by atoms with Crippen molar-refractivity contribution in [1.82, 2.24) is 20.2 Å². The van der Waals surface area contributed by atoms with Gasteiger partial charge in [-0.1, -0.05) is 53.7 Å². The zero-order valence-electron chi connectivity index (χ0n) is 18.6. The van der Waals surface area contributed by atoms with Crippen molar-refractivity contribution >= 4 is 35.0 Å². The highest BCUT2D eigenvalue weighted by molar-refractivity contribution is 7.99. The molecule has 0 unspecified atom stereocenters. The molecule has 1 aromatic heterocycles. The number of thioether (sulfide) groups is 1. The summed E-state index contributed by atoms with van der Waals surface area (Å²) in [7, 11) is 1.63. The Hall–Kier alpha value is -3.62. The van der Waals surface area contributed by atoms with Crippen molar-refractivity contribution in [2.24, 2.45) is 5.10 Å². The molecule has 0 aliphatic carbocycles. The van der Waals surface area contributed by atoms with E-state index in [-0.39, 0.29) is 11.7 Å². The average Bonchev–Trinajstić information content (AvgIpc) is 3.31. The molecule has 3 aromatic carbocycles. The van der Waals surface area contributed by atoms with E-state index in [0.717, 1.165) is 22.6 Å². The lowest BCUT2D eigenvalue weighted by Crippen LogP contribution is -2.21. The monoisotopic (exact) mass is 491 g/mol. The van der Waals surface area contributed by atoms with Crippen molar-refractivity contribution < 1.29 is 9.53 Å². The van der Waals surface area contributed by atoms with Crippen LogP contribution in [0.5, 0.6) is 5.75 Å². The molecule has 9 heteroatoms. The average molecular weight is 492 g/mol. The second-order valence-electron chi connectivity index (χ2n) is 7.23. The first kappa shape index (κ1) is 23.5. The van der Waals surface area contributed by atoms with E-state index in [9.17, 15) is 4.79 Å². The lowest BCUT2D eigenvalue weighted by Gasteiger charge is -2.10. The van der Waals surface area contributed by atoms with Gasteiger partial charge >= 0.3 is 0 Å². The molecule has 0 aliphatic rings. The third-order valence-corrected chi connectivity index (χ3v) is 6.12. The molecule has 0 radical (unpaired) electrons. The standard InChI is InChI=1S/C25H22ClN5O2S/c1-17(18-8-12-20(26)13-9-18)27-28-23(32)16-34-25-30-29-24(19-10-14-22(33-2)15-11-19)31(25)21-6-4-3-5-7-21/h3-15H,16H2,1-2H3,(H,28,32)/b27-17+. The zero-order valence-corrected chi connectivity index (χ0v) is 20.2. The molecule has 1 amide bonds. The Bertz CT molecular complexity index is 1290. The maximum Gasteiger partial charge on any atom is 0.250 e. The minimum absolute atomic E-state index is 0.130. The first-order valence-corrected chi connectivity index (χ1v) is 11.8. The van der Waals surface area contributed by atoms with Crippen molar-refractivity contribution in [2.75, 3.05) is 12.9 Å². The van der Waals surface area contributed by atoms with E-state index in [1.54, 1.807) is 19.2 Å². The number of para-hydroxylation sites is 1. The van der Waals surface area contributed by atoms with Crippen LogP contribution in [0.1, 0.15) is 12.5 Å². The molecule has 4 rings (SSSR count). The lowest BCUT2D eigenvalue weighted by molar-refractivity contribution is -0.118. The van der Waals surface area contributed by atoms with Gasteiger partial charge in [-0.25, -0.2) is 5.43 Å². The number of rotatable bonds is 8. The highest BCUT2D eigenvalue weighted by Crippen LogP contribution is 2.28. The smallest absolute Gasteiger partial charge is 0.250 e. The first-order chi connectivity index (χ1) is 16.5. The van der Waals surface area contributed by atoms with Crippen LogP contribution in [0, 0.1) is 0 Å². The number of amides is 1. The lowest BCUT2D eigenvalue weighted by atomic mass is 10.1. The topological polar surface area (TPSA) is 81.4 Å². The minimum Gasteiger partial charge on any atom is -0.497 e. The molecule has 0 bridgehead atoms. The Morgan fingerprint density at radius 3 is 2.41 bits per heavy atom. The number of halogens is 1. The Morgan fingerprint density at radius 1 is 1.03 bits per heavy atom. The second-order valence-corrected chi connectivity index (χ2v) is 8.61. The van der Waals surface area contributed by atoms with E-state index in [0.29, 0.717) is 21.7 Å². The summed E-state index contributed by atoms with van der Waals surface area (Å²) in [5.74, 6) is 1.32. The van der Waals surface area contributed by atoms with Gasteiger partial charge in [-0.2, -0.15) is 5.10 Å². The molecule has 0 aliphatic heterocycles. The number of carbonyl (C=O) groups is 1. The quantitative estimate of drug-likeness (QED) is 0.207. The Labute approximate surface area is 206 Å². The van der Waals surface area contributed by atoms with Gasteiger partial charge in [0.2, 0.25) is 0 Å². The summed E-state index contributed by atoms with van der Waals surface area (Å²) in [5, 5.41) is 14.2.